The molecule has 2 aromatic rings. The SMILES string of the molecule is C/C=C1/CN2[C@H]3C[C@@H]1[C@@H](C=O)[C@@H]2Cc1c3n(C)c2cc(OC)ccc12. The van der Waals surface area contributed by atoms with Gasteiger partial charge in [-0.2, -0.15) is 0 Å². The van der Waals surface area contributed by atoms with Crippen LogP contribution in [0.15, 0.2) is 29.8 Å². The van der Waals surface area contributed by atoms with E-state index in [4.69, 9.17) is 4.74 Å². The number of hydrogen-bond donors (Lipinski definition) is 0. The molecular weight excluding hydrogens is 312 g/mol. The summed E-state index contributed by atoms with van der Waals surface area (Å²) in [5.74, 6) is 1.46. The molecule has 130 valence electrons. The summed E-state index contributed by atoms with van der Waals surface area (Å²) in [6.07, 6.45) is 5.50. The third kappa shape index (κ3) is 1.83. The molecule has 6 rings (SSSR count). The summed E-state index contributed by atoms with van der Waals surface area (Å²) in [6.45, 7) is 3.13. The average molecular weight is 336 g/mol. The molecule has 5 atom stereocenters. The van der Waals surface area contributed by atoms with Crippen LogP contribution in [0.25, 0.3) is 10.9 Å². The van der Waals surface area contributed by atoms with E-state index in [2.05, 4.69) is 47.7 Å². The normalized spacial score (nSPS) is 34.4. The van der Waals surface area contributed by atoms with Crippen LogP contribution in [0.4, 0.5) is 0 Å². The molecule has 0 N–H and O–H groups in total. The van der Waals surface area contributed by atoms with Crippen molar-refractivity contribution in [2.45, 2.75) is 31.8 Å². The van der Waals surface area contributed by atoms with Crippen LogP contribution in [-0.4, -0.2) is 35.4 Å². The van der Waals surface area contributed by atoms with Gasteiger partial charge in [-0.15, -0.1) is 0 Å². The van der Waals surface area contributed by atoms with Crippen molar-refractivity contribution < 1.29 is 9.53 Å². The Morgan fingerprint density at radius 3 is 2.88 bits per heavy atom. The van der Waals surface area contributed by atoms with E-state index in [0.29, 0.717) is 18.0 Å². The van der Waals surface area contributed by atoms with Crippen LogP contribution in [0.1, 0.15) is 30.6 Å². The van der Waals surface area contributed by atoms with Crippen LogP contribution in [0.3, 0.4) is 0 Å². The fourth-order valence-corrected chi connectivity index (χ4v) is 5.71. The molecule has 0 aliphatic carbocycles. The van der Waals surface area contributed by atoms with Crippen LogP contribution in [0.5, 0.6) is 5.75 Å². The van der Waals surface area contributed by atoms with E-state index in [1.165, 1.54) is 34.0 Å². The molecule has 4 aliphatic rings. The van der Waals surface area contributed by atoms with Gasteiger partial charge in [0.05, 0.1) is 18.7 Å². The molecule has 1 aromatic heterocycles. The molecule has 1 unspecified atom stereocenters. The molecule has 3 fully saturated rings. The molecule has 4 bridgehead atoms. The van der Waals surface area contributed by atoms with Crippen molar-refractivity contribution >= 4 is 17.2 Å². The molecule has 5 heterocycles. The number of aldehydes is 1. The Labute approximate surface area is 148 Å². The predicted molar refractivity (Wildman–Crippen MR) is 97.8 cm³/mol. The number of allylic oxidation sites excluding steroid dienone is 1. The van der Waals surface area contributed by atoms with Gasteiger partial charge in [0, 0.05) is 42.7 Å². The van der Waals surface area contributed by atoms with E-state index in [-0.39, 0.29) is 5.92 Å². The first-order valence-corrected chi connectivity index (χ1v) is 9.19. The minimum atomic E-state index is 0.137. The molecule has 0 spiro atoms. The highest BCUT2D eigenvalue weighted by molar-refractivity contribution is 5.87. The molecule has 0 radical (unpaired) electrons. The van der Waals surface area contributed by atoms with Crippen molar-refractivity contribution in [1.29, 1.82) is 0 Å². The molecule has 0 amide bonds. The van der Waals surface area contributed by atoms with Gasteiger partial charge < -0.3 is 14.1 Å². The van der Waals surface area contributed by atoms with Crippen LogP contribution >= 0.6 is 0 Å². The number of rotatable bonds is 2. The Morgan fingerprint density at radius 2 is 2.16 bits per heavy atom. The number of aromatic nitrogens is 1. The number of ether oxygens (including phenoxy) is 1. The van der Waals surface area contributed by atoms with Gasteiger partial charge in [0.1, 0.15) is 12.0 Å². The summed E-state index contributed by atoms with van der Waals surface area (Å²) >= 11 is 0. The highest BCUT2D eigenvalue weighted by Crippen LogP contribution is 2.54. The largest absolute Gasteiger partial charge is 0.497 e. The van der Waals surface area contributed by atoms with E-state index in [1.54, 1.807) is 7.11 Å². The molecule has 3 saturated heterocycles. The standard InChI is InChI=1S/C21H24N2O2/c1-4-12-10-23-19-9-16-14-6-5-13(25-3)7-18(14)22(2)21(16)20(23)8-15(12)17(19)11-24/h4-7,11,15,17,19-20H,8-10H2,1-3H3/b12-4-/t15-,17+,19-,20-/m0/s1. The number of methoxy groups -OCH3 is 1. The second kappa shape index (κ2) is 5.21. The van der Waals surface area contributed by atoms with Crippen molar-refractivity contribution in [3.8, 4) is 5.75 Å². The second-order valence-electron chi connectivity index (χ2n) is 7.68. The lowest BCUT2D eigenvalue weighted by molar-refractivity contribution is -0.121. The Kier molecular flexibility index (Phi) is 3.17. The fourth-order valence-electron chi connectivity index (χ4n) is 5.71. The summed E-state index contributed by atoms with van der Waals surface area (Å²) in [4.78, 5) is 14.5. The van der Waals surface area contributed by atoms with E-state index in [1.807, 2.05) is 0 Å². The number of aryl methyl sites for hydroxylation is 1. The Hall–Kier alpha value is -2.07. The lowest BCUT2D eigenvalue weighted by Gasteiger charge is -2.57. The minimum Gasteiger partial charge on any atom is -0.497 e. The zero-order valence-electron chi connectivity index (χ0n) is 15.0. The molecule has 4 nitrogen and oxygen atoms in total. The van der Waals surface area contributed by atoms with E-state index >= 15 is 0 Å². The van der Waals surface area contributed by atoms with Gasteiger partial charge in [-0.05, 0) is 43.4 Å². The van der Waals surface area contributed by atoms with Crippen LogP contribution in [0, 0.1) is 11.8 Å². The maximum Gasteiger partial charge on any atom is 0.125 e. The van der Waals surface area contributed by atoms with E-state index in [9.17, 15) is 4.79 Å². The molecule has 1 aromatic carbocycles. The average Bonchev–Trinajstić information content (AvgIpc) is 2.93. The number of nitrogens with zero attached hydrogens (tertiary/aromatic N) is 2. The van der Waals surface area contributed by atoms with Gasteiger partial charge in [-0.3, -0.25) is 4.90 Å². The van der Waals surface area contributed by atoms with E-state index < -0.39 is 0 Å². The minimum absolute atomic E-state index is 0.137. The second-order valence-corrected chi connectivity index (χ2v) is 7.68. The van der Waals surface area contributed by atoms with Crippen LogP contribution in [0.2, 0.25) is 0 Å². The quantitative estimate of drug-likeness (QED) is 0.624. The van der Waals surface area contributed by atoms with E-state index in [0.717, 1.165) is 25.1 Å². The summed E-state index contributed by atoms with van der Waals surface area (Å²) in [5, 5.41) is 1.32. The van der Waals surface area contributed by atoms with Gasteiger partial charge in [0.15, 0.2) is 0 Å². The summed E-state index contributed by atoms with van der Waals surface area (Å²) in [7, 11) is 3.90. The van der Waals surface area contributed by atoms with Crippen molar-refractivity contribution in [1.82, 2.24) is 9.47 Å². The summed E-state index contributed by atoms with van der Waals surface area (Å²) in [5.41, 5.74) is 5.58. The van der Waals surface area contributed by atoms with Crippen molar-refractivity contribution in [2.24, 2.45) is 18.9 Å². The first kappa shape index (κ1) is 15.2. The third-order valence-corrected chi connectivity index (χ3v) is 6.87. The summed E-state index contributed by atoms with van der Waals surface area (Å²) < 4.78 is 7.79. The Bertz CT molecular complexity index is 910. The summed E-state index contributed by atoms with van der Waals surface area (Å²) in [6, 6.07) is 7.16. The van der Waals surface area contributed by atoms with Gasteiger partial charge >= 0.3 is 0 Å². The highest BCUT2D eigenvalue weighted by atomic mass is 16.5. The highest BCUT2D eigenvalue weighted by Gasteiger charge is 2.53. The van der Waals surface area contributed by atoms with Crippen molar-refractivity contribution in [3.63, 3.8) is 0 Å². The first-order chi connectivity index (χ1) is 12.2. The number of carbonyl (C=O) groups is 1. The fraction of sp³-hybridized carbons (Fsp3) is 0.476. The lowest BCUT2D eigenvalue weighted by Crippen LogP contribution is -2.60. The number of benzene rings is 1. The Balaban J connectivity index is 1.71. The van der Waals surface area contributed by atoms with Crippen LogP contribution in [-0.2, 0) is 18.3 Å². The van der Waals surface area contributed by atoms with Gasteiger partial charge in [-0.1, -0.05) is 11.6 Å². The molecule has 4 aliphatic heterocycles. The van der Waals surface area contributed by atoms with Gasteiger partial charge in [0.2, 0.25) is 0 Å². The molecule has 4 heteroatoms. The van der Waals surface area contributed by atoms with Crippen molar-refractivity contribution in [2.75, 3.05) is 13.7 Å². The maximum absolute atomic E-state index is 11.9. The zero-order chi connectivity index (χ0) is 17.3. The number of piperidine rings is 3. The molecular formula is C21H24N2O2. The number of carbonyl (C=O) groups excluding carboxylic acids is 1. The molecule has 0 saturated carbocycles. The smallest absolute Gasteiger partial charge is 0.125 e. The predicted octanol–water partition coefficient (Wildman–Crippen LogP) is 3.25. The topological polar surface area (TPSA) is 34.5 Å². The third-order valence-electron chi connectivity index (χ3n) is 6.87. The lowest BCUT2D eigenvalue weighted by atomic mass is 9.64. The first-order valence-electron chi connectivity index (χ1n) is 9.19. The van der Waals surface area contributed by atoms with Gasteiger partial charge in [0.25, 0.3) is 0 Å². The van der Waals surface area contributed by atoms with Gasteiger partial charge in [-0.25, -0.2) is 0 Å². The zero-order valence-corrected chi connectivity index (χ0v) is 15.0. The monoisotopic (exact) mass is 336 g/mol. The Morgan fingerprint density at radius 1 is 1.32 bits per heavy atom. The van der Waals surface area contributed by atoms with Crippen LogP contribution < -0.4 is 4.74 Å². The molecule has 25 heavy (non-hydrogen) atoms. The number of fused-ring (bicyclic) bond motifs is 4. The van der Waals surface area contributed by atoms with Crippen molar-refractivity contribution in [3.05, 3.63) is 41.1 Å². The number of hydrogen-bond acceptors (Lipinski definition) is 3. The maximum atomic E-state index is 11.9.